The number of amides is 1. The van der Waals surface area contributed by atoms with Gasteiger partial charge in [0.15, 0.2) is 5.65 Å². The Morgan fingerprint density at radius 2 is 2.00 bits per heavy atom. The maximum Gasteiger partial charge on any atom is 0.255 e. The standard InChI is InChI=1S/C17H20B4FN5O2/c1-26-8-9-6-10(22)2-3-12(9)29-17(20,21)16(18,19)25-15(28)11-7-23-27-5-4-13(26)24-14(11)27/h2-7H,8,18-21H2,1H3,(H,25,28). The molecule has 7 nitrogen and oxygen atoms in total. The van der Waals surface area contributed by atoms with Gasteiger partial charge in [0.05, 0.1) is 6.20 Å². The van der Waals surface area contributed by atoms with Gasteiger partial charge in [0.1, 0.15) is 54.3 Å². The number of carbonyl (C=O) groups excluding carboxylic acids is 1. The van der Waals surface area contributed by atoms with E-state index in [1.54, 1.807) is 22.8 Å². The van der Waals surface area contributed by atoms with Crippen molar-refractivity contribution in [2.24, 2.45) is 0 Å². The molecule has 2 aromatic heterocycles. The Kier molecular flexibility index (Phi) is 4.40. The second kappa shape index (κ2) is 6.57. The summed E-state index contributed by atoms with van der Waals surface area (Å²) >= 11 is 0. The molecule has 1 amide bonds. The lowest BCUT2D eigenvalue weighted by Gasteiger charge is -2.44. The van der Waals surface area contributed by atoms with Crippen LogP contribution in [0.4, 0.5) is 10.2 Å². The molecule has 0 spiro atoms. The summed E-state index contributed by atoms with van der Waals surface area (Å²) < 4.78 is 21.9. The minimum absolute atomic E-state index is 0.285. The van der Waals surface area contributed by atoms with E-state index < -0.39 is 10.7 Å². The highest BCUT2D eigenvalue weighted by molar-refractivity contribution is 6.54. The smallest absolute Gasteiger partial charge is 0.255 e. The Morgan fingerprint density at radius 3 is 2.76 bits per heavy atom. The van der Waals surface area contributed by atoms with Crippen LogP contribution in [-0.2, 0) is 6.54 Å². The van der Waals surface area contributed by atoms with E-state index in [9.17, 15) is 9.18 Å². The summed E-state index contributed by atoms with van der Waals surface area (Å²) in [5.41, 5.74) is 1.53. The van der Waals surface area contributed by atoms with Gasteiger partial charge in [0.2, 0.25) is 0 Å². The molecule has 3 aromatic rings. The molecule has 12 heteroatoms. The van der Waals surface area contributed by atoms with Gasteiger partial charge in [-0.05, 0) is 24.3 Å². The van der Waals surface area contributed by atoms with E-state index in [-0.39, 0.29) is 11.7 Å². The minimum Gasteiger partial charge on any atom is -0.504 e. The summed E-state index contributed by atoms with van der Waals surface area (Å²) in [6.07, 6.45) is 3.26. The molecule has 1 aliphatic heterocycles. The zero-order valence-corrected chi connectivity index (χ0v) is 17.2. The van der Waals surface area contributed by atoms with Crippen LogP contribution in [0.2, 0.25) is 0 Å². The van der Waals surface area contributed by atoms with Crippen molar-refractivity contribution in [1.82, 2.24) is 19.9 Å². The van der Waals surface area contributed by atoms with Crippen LogP contribution in [0.15, 0.2) is 36.7 Å². The number of anilines is 1. The maximum absolute atomic E-state index is 14.0. The monoisotopic (exact) mass is 389 g/mol. The van der Waals surface area contributed by atoms with Gasteiger partial charge >= 0.3 is 0 Å². The molecule has 4 rings (SSSR count). The normalized spacial score (nSPS) is 18.1. The molecule has 0 fully saturated rings. The first-order valence-electron chi connectivity index (χ1n) is 9.43. The van der Waals surface area contributed by atoms with Crippen LogP contribution in [0.1, 0.15) is 15.9 Å². The van der Waals surface area contributed by atoms with E-state index in [0.29, 0.717) is 34.9 Å². The van der Waals surface area contributed by atoms with E-state index in [4.69, 9.17) is 4.74 Å². The van der Waals surface area contributed by atoms with Gasteiger partial charge in [-0.3, -0.25) is 4.79 Å². The lowest BCUT2D eigenvalue weighted by Crippen LogP contribution is -2.69. The van der Waals surface area contributed by atoms with Crippen LogP contribution in [0.25, 0.3) is 5.65 Å². The molecule has 0 aliphatic carbocycles. The summed E-state index contributed by atoms with van der Waals surface area (Å²) in [5, 5.41) is 5.74. The van der Waals surface area contributed by atoms with Gasteiger partial charge in [-0.15, -0.1) is 0 Å². The van der Waals surface area contributed by atoms with Crippen molar-refractivity contribution in [3.63, 3.8) is 0 Å². The Balaban J connectivity index is 1.91. The van der Waals surface area contributed by atoms with Crippen molar-refractivity contribution in [2.45, 2.75) is 17.3 Å². The van der Waals surface area contributed by atoms with Crippen LogP contribution in [0.5, 0.6) is 5.75 Å². The number of carbonyl (C=O) groups is 1. The molecular formula is C17H20B4FN5O2. The first kappa shape index (κ1) is 19.4. The molecule has 2 bridgehead atoms. The van der Waals surface area contributed by atoms with Crippen LogP contribution >= 0.6 is 0 Å². The highest BCUT2D eigenvalue weighted by Gasteiger charge is 2.40. The summed E-state index contributed by atoms with van der Waals surface area (Å²) in [6.45, 7) is 0.387. The highest BCUT2D eigenvalue weighted by Crippen LogP contribution is 2.28. The average Bonchev–Trinajstić information content (AvgIpc) is 3.06. The Hall–Kier alpha value is -2.90. The molecule has 1 aliphatic rings. The summed E-state index contributed by atoms with van der Waals surface area (Å²) in [4.78, 5) is 19.6. The molecule has 0 atom stereocenters. The zero-order chi connectivity index (χ0) is 21.0. The Morgan fingerprint density at radius 1 is 1.24 bits per heavy atom. The number of hydrogen-bond acceptors (Lipinski definition) is 5. The van der Waals surface area contributed by atoms with E-state index in [1.165, 1.54) is 18.3 Å². The number of benzene rings is 1. The number of fused-ring (bicyclic) bond motifs is 2. The third-order valence-electron chi connectivity index (χ3n) is 5.72. The van der Waals surface area contributed by atoms with Crippen molar-refractivity contribution in [1.29, 1.82) is 0 Å². The van der Waals surface area contributed by atoms with Gasteiger partial charge in [-0.2, -0.15) is 5.10 Å². The van der Waals surface area contributed by atoms with Crippen molar-refractivity contribution in [3.8, 4) is 5.75 Å². The van der Waals surface area contributed by atoms with Gasteiger partial charge in [-0.25, -0.2) is 13.9 Å². The highest BCUT2D eigenvalue weighted by atomic mass is 19.1. The molecule has 0 saturated carbocycles. The third kappa shape index (κ3) is 3.36. The van der Waals surface area contributed by atoms with Gasteiger partial charge in [0.25, 0.3) is 5.91 Å². The Labute approximate surface area is 171 Å². The van der Waals surface area contributed by atoms with Crippen LogP contribution in [0, 0.1) is 5.82 Å². The molecule has 0 radical (unpaired) electrons. The van der Waals surface area contributed by atoms with Gasteiger partial charge in [0, 0.05) is 36.1 Å². The maximum atomic E-state index is 14.0. The van der Waals surface area contributed by atoms with E-state index >= 15 is 0 Å². The predicted molar refractivity (Wildman–Crippen MR) is 119 cm³/mol. The second-order valence-electron chi connectivity index (χ2n) is 8.41. The molecule has 1 aromatic carbocycles. The van der Waals surface area contributed by atoms with Crippen LogP contribution < -0.4 is 15.0 Å². The van der Waals surface area contributed by atoms with Crippen LogP contribution in [0.3, 0.4) is 0 Å². The fraction of sp³-hybridized carbons (Fsp3) is 0.235. The van der Waals surface area contributed by atoms with E-state index in [1.807, 2.05) is 43.3 Å². The third-order valence-corrected chi connectivity index (χ3v) is 5.72. The fourth-order valence-electron chi connectivity index (χ4n) is 3.24. The van der Waals surface area contributed by atoms with Gasteiger partial charge < -0.3 is 15.0 Å². The van der Waals surface area contributed by atoms with Crippen molar-refractivity contribution in [3.05, 3.63) is 53.6 Å². The molecule has 144 valence electrons. The number of rotatable bonds is 0. The topological polar surface area (TPSA) is 71.8 Å². The lowest BCUT2D eigenvalue weighted by atomic mass is 9.40. The van der Waals surface area contributed by atoms with Crippen LogP contribution in [-0.4, -0.2) is 69.7 Å². The number of nitrogens with zero attached hydrogens (tertiary/aromatic N) is 4. The van der Waals surface area contributed by atoms with Gasteiger partial charge in [-0.1, -0.05) is 0 Å². The largest absolute Gasteiger partial charge is 0.504 e. The number of halogens is 1. The number of nitrogens with one attached hydrogen (secondary N) is 1. The first-order chi connectivity index (χ1) is 13.6. The zero-order valence-electron chi connectivity index (χ0n) is 17.2. The quantitative estimate of drug-likeness (QED) is 0.430. The lowest BCUT2D eigenvalue weighted by molar-refractivity contribution is 0.0910. The molecule has 1 N–H and O–H groups in total. The number of ether oxygens (including phenoxy) is 1. The molecule has 0 saturated heterocycles. The number of aromatic nitrogens is 3. The summed E-state index contributed by atoms with van der Waals surface area (Å²) in [6, 6.07) is 6.27. The first-order valence-corrected chi connectivity index (χ1v) is 9.43. The molecule has 29 heavy (non-hydrogen) atoms. The van der Waals surface area contributed by atoms with Crippen molar-refractivity contribution < 1.29 is 13.9 Å². The summed E-state index contributed by atoms with van der Waals surface area (Å²) in [7, 11) is 9.44. The van der Waals surface area contributed by atoms with Crippen molar-refractivity contribution >= 4 is 48.8 Å². The average molecular weight is 389 g/mol. The molecular weight excluding hydrogens is 368 g/mol. The predicted octanol–water partition coefficient (Wildman–Crippen LogP) is -2.53. The Bertz CT molecular complexity index is 1120. The minimum atomic E-state index is -0.792. The van der Waals surface area contributed by atoms with Crippen molar-refractivity contribution in [2.75, 3.05) is 11.9 Å². The molecule has 3 heterocycles. The fourth-order valence-corrected chi connectivity index (χ4v) is 3.24. The van der Waals surface area contributed by atoms with E-state index in [2.05, 4.69) is 15.4 Å². The second-order valence-corrected chi connectivity index (χ2v) is 8.41. The SMILES string of the molecule is BC1(B)NC(=O)c2cnn3ccc(nc23)N(C)Cc2cc(F)ccc2OC1(B)B. The number of hydrogen-bond donors (Lipinski definition) is 1. The summed E-state index contributed by atoms with van der Waals surface area (Å²) in [5.74, 6) is 0.582. The van der Waals surface area contributed by atoms with E-state index in [0.717, 1.165) is 0 Å². The molecule has 0 unspecified atom stereocenters.